The number of hydrogen-bond donors (Lipinski definition) is 0. The molecule has 0 N–H and O–H groups in total. The Labute approximate surface area is 130 Å². The SMILES string of the molecule is Cc1cc(=O)c(C(=O)N2CCCC3(CCOCC3)C2)cn1C. The van der Waals surface area contributed by atoms with E-state index >= 15 is 0 Å². The average molecular weight is 304 g/mol. The van der Waals surface area contributed by atoms with Gasteiger partial charge < -0.3 is 14.2 Å². The van der Waals surface area contributed by atoms with Gasteiger partial charge in [-0.1, -0.05) is 0 Å². The van der Waals surface area contributed by atoms with Gasteiger partial charge in [0.15, 0.2) is 5.43 Å². The first-order valence-electron chi connectivity index (χ1n) is 8.05. The van der Waals surface area contributed by atoms with E-state index in [0.717, 1.165) is 57.7 Å². The van der Waals surface area contributed by atoms with Crippen molar-refractivity contribution in [2.45, 2.75) is 32.6 Å². The molecule has 0 bridgehead atoms. The molecule has 5 nitrogen and oxygen atoms in total. The van der Waals surface area contributed by atoms with Crippen molar-refractivity contribution in [1.82, 2.24) is 9.47 Å². The molecule has 1 spiro atoms. The standard InChI is InChI=1S/C17H24N2O3/c1-13-10-15(20)14(11-18(13)2)16(21)19-7-3-4-17(12-19)5-8-22-9-6-17/h10-11H,3-9,12H2,1-2H3. The van der Waals surface area contributed by atoms with Crippen molar-refractivity contribution in [2.75, 3.05) is 26.3 Å². The quantitative estimate of drug-likeness (QED) is 0.794. The molecule has 2 saturated heterocycles. The first kappa shape index (κ1) is 15.3. The van der Waals surface area contributed by atoms with Crippen LogP contribution in [0.4, 0.5) is 0 Å². The molecule has 2 aliphatic heterocycles. The highest BCUT2D eigenvalue weighted by Crippen LogP contribution is 2.39. The monoisotopic (exact) mass is 304 g/mol. The van der Waals surface area contributed by atoms with Gasteiger partial charge in [0.05, 0.1) is 0 Å². The van der Waals surface area contributed by atoms with Crippen LogP contribution < -0.4 is 5.43 Å². The molecule has 5 heteroatoms. The van der Waals surface area contributed by atoms with Gasteiger partial charge in [0.25, 0.3) is 5.91 Å². The van der Waals surface area contributed by atoms with Crippen molar-refractivity contribution >= 4 is 5.91 Å². The van der Waals surface area contributed by atoms with Crippen molar-refractivity contribution in [3.05, 3.63) is 33.7 Å². The molecule has 1 amide bonds. The molecule has 0 atom stereocenters. The van der Waals surface area contributed by atoms with Crippen LogP contribution in [0.15, 0.2) is 17.1 Å². The summed E-state index contributed by atoms with van der Waals surface area (Å²) in [7, 11) is 1.86. The average Bonchev–Trinajstić information content (AvgIpc) is 2.51. The number of nitrogens with zero attached hydrogens (tertiary/aromatic N) is 2. The van der Waals surface area contributed by atoms with Crippen molar-refractivity contribution in [1.29, 1.82) is 0 Å². The summed E-state index contributed by atoms with van der Waals surface area (Å²) in [5.74, 6) is -0.119. The minimum Gasteiger partial charge on any atom is -0.381 e. The van der Waals surface area contributed by atoms with Crippen LogP contribution in [0.3, 0.4) is 0 Å². The summed E-state index contributed by atoms with van der Waals surface area (Å²) in [4.78, 5) is 26.8. The lowest BCUT2D eigenvalue weighted by Gasteiger charge is -2.45. The Morgan fingerprint density at radius 3 is 2.73 bits per heavy atom. The Hall–Kier alpha value is -1.62. The summed E-state index contributed by atoms with van der Waals surface area (Å²) in [6.45, 7) is 4.95. The van der Waals surface area contributed by atoms with E-state index in [4.69, 9.17) is 4.74 Å². The Kier molecular flexibility index (Phi) is 4.08. The summed E-state index contributed by atoms with van der Waals surface area (Å²) in [5, 5.41) is 0. The molecule has 2 aliphatic rings. The van der Waals surface area contributed by atoms with Gasteiger partial charge in [0.1, 0.15) is 5.56 Å². The Morgan fingerprint density at radius 1 is 1.27 bits per heavy atom. The van der Waals surface area contributed by atoms with Crippen LogP contribution in [-0.4, -0.2) is 41.7 Å². The number of piperidine rings is 1. The van der Waals surface area contributed by atoms with Crippen molar-refractivity contribution in [3.63, 3.8) is 0 Å². The number of ether oxygens (including phenoxy) is 1. The third kappa shape index (κ3) is 2.82. The third-order valence-corrected chi connectivity index (χ3v) is 5.22. The fourth-order valence-electron chi connectivity index (χ4n) is 3.65. The molecule has 2 fully saturated rings. The van der Waals surface area contributed by atoms with Crippen LogP contribution in [0.25, 0.3) is 0 Å². The van der Waals surface area contributed by atoms with Gasteiger partial charge in [-0.15, -0.1) is 0 Å². The van der Waals surface area contributed by atoms with E-state index in [1.165, 1.54) is 0 Å². The van der Waals surface area contributed by atoms with Gasteiger partial charge in [0.2, 0.25) is 0 Å². The van der Waals surface area contributed by atoms with Gasteiger partial charge in [-0.05, 0) is 38.0 Å². The van der Waals surface area contributed by atoms with Crippen molar-refractivity contribution < 1.29 is 9.53 Å². The topological polar surface area (TPSA) is 51.5 Å². The van der Waals surface area contributed by atoms with E-state index < -0.39 is 0 Å². The molecule has 120 valence electrons. The van der Waals surface area contributed by atoms with Gasteiger partial charge in [-0.2, -0.15) is 0 Å². The molecule has 3 rings (SSSR count). The number of amides is 1. The molecule has 0 unspecified atom stereocenters. The maximum absolute atomic E-state index is 12.8. The highest BCUT2D eigenvalue weighted by molar-refractivity contribution is 5.94. The van der Waals surface area contributed by atoms with Crippen LogP contribution >= 0.6 is 0 Å². The van der Waals surface area contributed by atoms with Crippen molar-refractivity contribution in [3.8, 4) is 0 Å². The first-order valence-corrected chi connectivity index (χ1v) is 8.05. The zero-order valence-electron chi connectivity index (χ0n) is 13.4. The predicted octanol–water partition coefficient (Wildman–Crippen LogP) is 1.73. The Morgan fingerprint density at radius 2 is 2.00 bits per heavy atom. The maximum atomic E-state index is 12.8. The molecular weight excluding hydrogens is 280 g/mol. The number of rotatable bonds is 1. The Bertz CT molecular complexity index is 624. The number of carbonyl (C=O) groups excluding carboxylic acids is 1. The second-order valence-corrected chi connectivity index (χ2v) is 6.75. The van der Waals surface area contributed by atoms with E-state index in [9.17, 15) is 9.59 Å². The van der Waals surface area contributed by atoms with Crippen LogP contribution in [-0.2, 0) is 11.8 Å². The molecule has 0 radical (unpaired) electrons. The van der Waals surface area contributed by atoms with Crippen LogP contribution in [0.5, 0.6) is 0 Å². The molecule has 1 aromatic rings. The number of aryl methyl sites for hydroxylation is 2. The largest absolute Gasteiger partial charge is 0.381 e. The molecule has 0 aliphatic carbocycles. The van der Waals surface area contributed by atoms with Gasteiger partial charge >= 0.3 is 0 Å². The molecule has 3 heterocycles. The summed E-state index contributed by atoms with van der Waals surface area (Å²) in [6, 6.07) is 1.54. The number of likely N-dealkylation sites (tertiary alicyclic amines) is 1. The number of hydrogen-bond acceptors (Lipinski definition) is 3. The first-order chi connectivity index (χ1) is 10.5. The van der Waals surface area contributed by atoms with Crippen molar-refractivity contribution in [2.24, 2.45) is 12.5 Å². The second-order valence-electron chi connectivity index (χ2n) is 6.75. The summed E-state index contributed by atoms with van der Waals surface area (Å²) in [6.07, 6.45) is 5.88. The lowest BCUT2D eigenvalue weighted by molar-refractivity contribution is -0.0230. The van der Waals surface area contributed by atoms with E-state index in [2.05, 4.69) is 0 Å². The maximum Gasteiger partial charge on any atom is 0.259 e. The summed E-state index contributed by atoms with van der Waals surface area (Å²) in [5.41, 5.74) is 1.17. The predicted molar refractivity (Wildman–Crippen MR) is 84.0 cm³/mol. The molecular formula is C17H24N2O3. The molecule has 0 saturated carbocycles. The number of aromatic nitrogens is 1. The zero-order chi connectivity index (χ0) is 15.7. The van der Waals surface area contributed by atoms with Gasteiger partial charge in [0, 0.05) is 51.3 Å². The van der Waals surface area contributed by atoms with E-state index in [1.54, 1.807) is 12.3 Å². The van der Waals surface area contributed by atoms with Crippen LogP contribution in [0.1, 0.15) is 41.7 Å². The third-order valence-electron chi connectivity index (χ3n) is 5.22. The fraction of sp³-hybridized carbons (Fsp3) is 0.647. The number of pyridine rings is 1. The normalized spacial score (nSPS) is 21.1. The van der Waals surface area contributed by atoms with Gasteiger partial charge in [-0.3, -0.25) is 9.59 Å². The van der Waals surface area contributed by atoms with Crippen LogP contribution in [0.2, 0.25) is 0 Å². The van der Waals surface area contributed by atoms with E-state index in [1.807, 2.05) is 23.4 Å². The highest BCUT2D eigenvalue weighted by atomic mass is 16.5. The summed E-state index contributed by atoms with van der Waals surface area (Å²) < 4.78 is 7.30. The number of carbonyl (C=O) groups is 1. The van der Waals surface area contributed by atoms with E-state index in [-0.39, 0.29) is 22.3 Å². The zero-order valence-corrected chi connectivity index (χ0v) is 13.4. The fourth-order valence-corrected chi connectivity index (χ4v) is 3.65. The minimum absolute atomic E-state index is 0.119. The lowest BCUT2D eigenvalue weighted by atomic mass is 9.74. The minimum atomic E-state index is -0.174. The molecule has 22 heavy (non-hydrogen) atoms. The summed E-state index contributed by atoms with van der Waals surface area (Å²) >= 11 is 0. The van der Waals surface area contributed by atoms with Gasteiger partial charge in [-0.25, -0.2) is 0 Å². The smallest absolute Gasteiger partial charge is 0.259 e. The van der Waals surface area contributed by atoms with E-state index in [0.29, 0.717) is 0 Å². The Balaban J connectivity index is 1.83. The molecule has 1 aromatic heterocycles. The highest BCUT2D eigenvalue weighted by Gasteiger charge is 2.38. The lowest BCUT2D eigenvalue weighted by Crippen LogP contribution is -2.49. The molecule has 0 aromatic carbocycles. The van der Waals surface area contributed by atoms with Crippen LogP contribution in [0, 0.1) is 12.3 Å². The second kappa shape index (κ2) is 5.88.